The van der Waals surface area contributed by atoms with Gasteiger partial charge in [0.15, 0.2) is 0 Å². The van der Waals surface area contributed by atoms with E-state index in [1.165, 1.54) is 16.8 Å². The summed E-state index contributed by atoms with van der Waals surface area (Å²) in [6, 6.07) is 6.68. The van der Waals surface area contributed by atoms with Gasteiger partial charge in [-0.05, 0) is 44.4 Å². The minimum absolute atomic E-state index is 0.209. The van der Waals surface area contributed by atoms with E-state index in [-0.39, 0.29) is 5.54 Å². The fourth-order valence-electron chi connectivity index (χ4n) is 1.74. The van der Waals surface area contributed by atoms with Gasteiger partial charge in [-0.2, -0.15) is 0 Å². The van der Waals surface area contributed by atoms with Crippen LogP contribution in [0.1, 0.15) is 38.3 Å². The Kier molecular flexibility index (Phi) is 4.43. The van der Waals surface area contributed by atoms with E-state index in [0.29, 0.717) is 0 Å². The molecule has 0 aromatic heterocycles. The number of hydrogen-bond acceptors (Lipinski definition) is 1. The maximum Gasteiger partial charge on any atom is 0.0397 e. The zero-order chi connectivity index (χ0) is 12.3. The number of nitrogens with zero attached hydrogens (tertiary/aromatic N) is 1. The van der Waals surface area contributed by atoms with Crippen LogP contribution in [0, 0.1) is 6.92 Å². The molecular weight excluding hydrogens is 262 g/mol. The van der Waals surface area contributed by atoms with Crippen LogP contribution in [0.4, 0.5) is 5.69 Å². The lowest BCUT2D eigenvalue weighted by atomic mass is 9.97. The van der Waals surface area contributed by atoms with Gasteiger partial charge in [0.2, 0.25) is 0 Å². The van der Waals surface area contributed by atoms with Crippen molar-refractivity contribution in [2.75, 3.05) is 11.9 Å². The molecule has 1 aromatic carbocycles. The summed E-state index contributed by atoms with van der Waals surface area (Å²) in [5, 5.41) is 0.926. The van der Waals surface area contributed by atoms with Crippen molar-refractivity contribution in [2.24, 2.45) is 0 Å². The minimum atomic E-state index is 0.209. The molecule has 0 fully saturated rings. The van der Waals surface area contributed by atoms with Crippen molar-refractivity contribution in [1.82, 2.24) is 0 Å². The van der Waals surface area contributed by atoms with Crippen molar-refractivity contribution < 1.29 is 0 Å². The average Bonchev–Trinajstić information content (AvgIpc) is 2.28. The molecule has 0 atom stereocenters. The van der Waals surface area contributed by atoms with Gasteiger partial charge < -0.3 is 4.90 Å². The molecule has 0 bridgehead atoms. The van der Waals surface area contributed by atoms with Gasteiger partial charge in [0.25, 0.3) is 0 Å². The molecule has 1 nitrogen and oxygen atoms in total. The molecule has 2 heteroatoms. The molecule has 90 valence electrons. The molecular formula is C14H22BrN. The van der Waals surface area contributed by atoms with Gasteiger partial charge in [-0.25, -0.2) is 0 Å². The first-order valence-electron chi connectivity index (χ1n) is 5.81. The van der Waals surface area contributed by atoms with Crippen molar-refractivity contribution >= 4 is 21.6 Å². The van der Waals surface area contributed by atoms with Gasteiger partial charge in [0, 0.05) is 23.6 Å². The maximum absolute atomic E-state index is 3.49. The van der Waals surface area contributed by atoms with Crippen LogP contribution in [-0.2, 0) is 5.33 Å². The summed E-state index contributed by atoms with van der Waals surface area (Å²) >= 11 is 3.49. The fraction of sp³-hybridized carbons (Fsp3) is 0.571. The predicted octanol–water partition coefficient (Wildman–Crippen LogP) is 4.51. The van der Waals surface area contributed by atoms with E-state index in [1.807, 2.05) is 0 Å². The van der Waals surface area contributed by atoms with Crippen LogP contribution in [0.15, 0.2) is 18.2 Å². The first-order chi connectivity index (χ1) is 7.42. The zero-order valence-corrected chi connectivity index (χ0v) is 12.6. The number of halogens is 1. The first-order valence-corrected chi connectivity index (χ1v) is 6.94. The van der Waals surface area contributed by atoms with E-state index in [9.17, 15) is 0 Å². The Balaban J connectivity index is 3.05. The third kappa shape index (κ3) is 2.79. The van der Waals surface area contributed by atoms with Gasteiger partial charge >= 0.3 is 0 Å². The van der Waals surface area contributed by atoms with Crippen molar-refractivity contribution in [1.29, 1.82) is 0 Å². The average molecular weight is 284 g/mol. The van der Waals surface area contributed by atoms with Crippen LogP contribution in [0.5, 0.6) is 0 Å². The van der Waals surface area contributed by atoms with Gasteiger partial charge in [0.05, 0.1) is 0 Å². The van der Waals surface area contributed by atoms with E-state index in [0.717, 1.165) is 11.8 Å². The summed E-state index contributed by atoms with van der Waals surface area (Å²) in [6.07, 6.45) is 1.14. The highest BCUT2D eigenvalue weighted by atomic mass is 79.9. The lowest BCUT2D eigenvalue weighted by Crippen LogP contribution is -2.40. The molecule has 0 spiro atoms. The molecule has 0 heterocycles. The van der Waals surface area contributed by atoms with Gasteiger partial charge in [0.1, 0.15) is 0 Å². The summed E-state index contributed by atoms with van der Waals surface area (Å²) in [4.78, 5) is 2.38. The second kappa shape index (κ2) is 5.22. The molecule has 0 unspecified atom stereocenters. The summed E-state index contributed by atoms with van der Waals surface area (Å²) < 4.78 is 0. The smallest absolute Gasteiger partial charge is 0.0397 e. The number of anilines is 1. The van der Waals surface area contributed by atoms with Crippen molar-refractivity contribution in [3.05, 3.63) is 29.3 Å². The Bertz CT molecular complexity index is 358. The standard InChI is InChI=1S/C14H22BrN/c1-6-14(3,4)16(5)13-8-7-12(10-15)9-11(13)2/h7-9H,6,10H2,1-5H3. The summed E-state index contributed by atoms with van der Waals surface area (Å²) in [5.41, 5.74) is 4.22. The molecule has 0 saturated heterocycles. The maximum atomic E-state index is 3.49. The lowest BCUT2D eigenvalue weighted by molar-refractivity contribution is 0.470. The molecule has 0 aliphatic heterocycles. The normalized spacial score (nSPS) is 11.6. The summed E-state index contributed by atoms with van der Waals surface area (Å²) in [6.45, 7) is 8.98. The first kappa shape index (κ1) is 13.6. The Morgan fingerprint density at radius 3 is 2.38 bits per heavy atom. The number of rotatable bonds is 4. The van der Waals surface area contributed by atoms with E-state index in [1.54, 1.807) is 0 Å². The van der Waals surface area contributed by atoms with E-state index in [2.05, 4.69) is 73.8 Å². The number of benzene rings is 1. The second-order valence-electron chi connectivity index (χ2n) is 4.98. The Labute approximate surface area is 108 Å². The molecule has 0 saturated carbocycles. The molecule has 0 radical (unpaired) electrons. The highest BCUT2D eigenvalue weighted by molar-refractivity contribution is 9.08. The lowest BCUT2D eigenvalue weighted by Gasteiger charge is -2.37. The quantitative estimate of drug-likeness (QED) is 0.735. The molecule has 16 heavy (non-hydrogen) atoms. The van der Waals surface area contributed by atoms with E-state index in [4.69, 9.17) is 0 Å². The molecule has 0 amide bonds. The van der Waals surface area contributed by atoms with Crippen LogP contribution in [0.25, 0.3) is 0 Å². The van der Waals surface area contributed by atoms with Crippen LogP contribution >= 0.6 is 15.9 Å². The Hall–Kier alpha value is -0.500. The SMILES string of the molecule is CCC(C)(C)N(C)c1ccc(CBr)cc1C. The van der Waals surface area contributed by atoms with E-state index >= 15 is 0 Å². The van der Waals surface area contributed by atoms with Gasteiger partial charge in [-0.15, -0.1) is 0 Å². The van der Waals surface area contributed by atoms with Crippen molar-refractivity contribution in [3.63, 3.8) is 0 Å². The van der Waals surface area contributed by atoms with Crippen LogP contribution in [0.2, 0.25) is 0 Å². The van der Waals surface area contributed by atoms with Crippen LogP contribution < -0.4 is 4.90 Å². The van der Waals surface area contributed by atoms with Gasteiger partial charge in [-0.3, -0.25) is 0 Å². The van der Waals surface area contributed by atoms with E-state index < -0.39 is 0 Å². The third-order valence-electron chi connectivity index (χ3n) is 3.55. The highest BCUT2D eigenvalue weighted by Crippen LogP contribution is 2.28. The summed E-state index contributed by atoms with van der Waals surface area (Å²) in [5.74, 6) is 0. The number of hydrogen-bond donors (Lipinski definition) is 0. The van der Waals surface area contributed by atoms with Gasteiger partial charge in [-0.1, -0.05) is 35.0 Å². The largest absolute Gasteiger partial charge is 0.369 e. The minimum Gasteiger partial charge on any atom is -0.369 e. The number of alkyl halides is 1. The molecule has 0 aliphatic rings. The highest BCUT2D eigenvalue weighted by Gasteiger charge is 2.22. The zero-order valence-electron chi connectivity index (χ0n) is 11.0. The topological polar surface area (TPSA) is 3.24 Å². The van der Waals surface area contributed by atoms with Crippen molar-refractivity contribution in [2.45, 2.75) is 45.0 Å². The predicted molar refractivity (Wildman–Crippen MR) is 76.6 cm³/mol. The fourth-order valence-corrected chi connectivity index (χ4v) is 2.09. The molecule has 0 aliphatic carbocycles. The summed E-state index contributed by atoms with van der Waals surface area (Å²) in [7, 11) is 2.18. The third-order valence-corrected chi connectivity index (χ3v) is 4.20. The van der Waals surface area contributed by atoms with Crippen LogP contribution in [0.3, 0.4) is 0 Å². The Morgan fingerprint density at radius 1 is 1.31 bits per heavy atom. The molecule has 1 aromatic rings. The molecule has 1 rings (SSSR count). The number of aryl methyl sites for hydroxylation is 1. The Morgan fingerprint density at radius 2 is 1.94 bits per heavy atom. The second-order valence-corrected chi connectivity index (χ2v) is 5.54. The van der Waals surface area contributed by atoms with Crippen molar-refractivity contribution in [3.8, 4) is 0 Å². The molecule has 0 N–H and O–H groups in total. The van der Waals surface area contributed by atoms with Crippen LogP contribution in [-0.4, -0.2) is 12.6 Å². The monoisotopic (exact) mass is 283 g/mol.